The van der Waals surface area contributed by atoms with Crippen LogP contribution in [0, 0.1) is 0 Å². The van der Waals surface area contributed by atoms with Gasteiger partial charge in [0, 0.05) is 53.0 Å². The lowest BCUT2D eigenvalue weighted by Gasteiger charge is -2.23. The van der Waals surface area contributed by atoms with Crippen LogP contribution in [0.5, 0.6) is 0 Å². The molecular formula is C16H35ClO7Si2. The zero-order valence-electron chi connectivity index (χ0n) is 17.2. The van der Waals surface area contributed by atoms with Crippen molar-refractivity contribution in [1.82, 2.24) is 0 Å². The van der Waals surface area contributed by atoms with Gasteiger partial charge in [-0.3, -0.25) is 0 Å². The molecule has 0 amide bonds. The normalized spacial score (nSPS) is 11.5. The summed E-state index contributed by atoms with van der Waals surface area (Å²) in [4.78, 5) is 11.0. The van der Waals surface area contributed by atoms with E-state index in [0.717, 1.165) is 24.9 Å². The van der Waals surface area contributed by atoms with Gasteiger partial charge in [-0.25, -0.2) is 4.79 Å². The fourth-order valence-electron chi connectivity index (χ4n) is 1.81. The number of ether oxygens (including phenoxy) is 1. The van der Waals surface area contributed by atoms with Crippen molar-refractivity contribution in [2.45, 2.75) is 38.4 Å². The molecular weight excluding hydrogens is 396 g/mol. The Balaban J connectivity index is 0. The molecule has 0 spiro atoms. The highest BCUT2D eigenvalue weighted by atomic mass is 35.5. The van der Waals surface area contributed by atoms with E-state index in [1.165, 1.54) is 0 Å². The van der Waals surface area contributed by atoms with Crippen molar-refractivity contribution in [2.75, 3.05) is 48.0 Å². The number of carbonyl (C=O) groups excluding carboxylic acids is 1. The minimum absolute atomic E-state index is 0.340. The number of rotatable bonds is 13. The van der Waals surface area contributed by atoms with E-state index in [1.807, 2.05) is 6.55 Å². The number of alkyl halides is 1. The third-order valence-electron chi connectivity index (χ3n) is 3.77. The Kier molecular flexibility index (Phi) is 16.9. The van der Waals surface area contributed by atoms with Gasteiger partial charge in [-0.05, 0) is 32.4 Å². The van der Waals surface area contributed by atoms with E-state index in [4.69, 9.17) is 38.5 Å². The Morgan fingerprint density at radius 2 is 1.42 bits per heavy atom. The van der Waals surface area contributed by atoms with Gasteiger partial charge in [0.2, 0.25) is 0 Å². The van der Waals surface area contributed by atoms with E-state index in [2.05, 4.69) is 6.58 Å². The van der Waals surface area contributed by atoms with Crippen LogP contribution in [0.15, 0.2) is 12.2 Å². The van der Waals surface area contributed by atoms with Crippen molar-refractivity contribution in [2.24, 2.45) is 0 Å². The smallest absolute Gasteiger partial charge is 0.462 e. The second kappa shape index (κ2) is 15.8. The van der Waals surface area contributed by atoms with E-state index in [-0.39, 0.29) is 5.97 Å². The summed E-state index contributed by atoms with van der Waals surface area (Å²) in [5, 5.41) is 0. The number of halogens is 1. The van der Waals surface area contributed by atoms with E-state index in [0.29, 0.717) is 18.1 Å². The molecule has 0 radical (unpaired) electrons. The lowest BCUT2D eigenvalue weighted by molar-refractivity contribution is -0.138. The number of carbonyl (C=O) groups is 1. The Bertz CT molecular complexity index is 381. The van der Waals surface area contributed by atoms with Crippen molar-refractivity contribution in [3.63, 3.8) is 0 Å². The van der Waals surface area contributed by atoms with Crippen LogP contribution < -0.4 is 0 Å². The molecule has 0 fully saturated rings. The maximum absolute atomic E-state index is 11.0. The van der Waals surface area contributed by atoms with E-state index >= 15 is 0 Å². The molecule has 0 saturated carbocycles. The molecule has 0 saturated heterocycles. The van der Waals surface area contributed by atoms with Crippen LogP contribution in [0.25, 0.3) is 0 Å². The first-order valence-electron chi connectivity index (χ1n) is 8.34. The van der Waals surface area contributed by atoms with Crippen LogP contribution >= 0.6 is 11.6 Å². The first-order chi connectivity index (χ1) is 12.2. The summed E-state index contributed by atoms with van der Waals surface area (Å²) in [5.41, 5.74) is 0.425. The summed E-state index contributed by atoms with van der Waals surface area (Å²) in [5.74, 6) is 0.276. The highest BCUT2D eigenvalue weighted by Crippen LogP contribution is 2.15. The number of hydrogen-bond acceptors (Lipinski definition) is 7. The van der Waals surface area contributed by atoms with Crippen LogP contribution in [0.1, 0.15) is 19.8 Å². The predicted molar refractivity (Wildman–Crippen MR) is 108 cm³/mol. The van der Waals surface area contributed by atoms with Crippen molar-refractivity contribution in [3.05, 3.63) is 12.2 Å². The van der Waals surface area contributed by atoms with Gasteiger partial charge in [-0.2, -0.15) is 0 Å². The van der Waals surface area contributed by atoms with Crippen molar-refractivity contribution < 1.29 is 31.7 Å². The summed E-state index contributed by atoms with van der Waals surface area (Å²) < 4.78 is 31.1. The van der Waals surface area contributed by atoms with E-state index in [1.54, 1.807) is 42.5 Å². The zero-order valence-corrected chi connectivity index (χ0v) is 19.9. The molecule has 0 rings (SSSR count). The zero-order chi connectivity index (χ0) is 20.6. The minimum Gasteiger partial charge on any atom is -0.462 e. The molecule has 26 heavy (non-hydrogen) atoms. The second-order valence-electron chi connectivity index (χ2n) is 5.65. The summed E-state index contributed by atoms with van der Waals surface area (Å²) in [7, 11) is 3.78. The molecule has 0 aliphatic rings. The second-order valence-corrected chi connectivity index (χ2v) is 12.7. The van der Waals surface area contributed by atoms with Crippen LogP contribution in [0.4, 0.5) is 0 Å². The largest absolute Gasteiger partial charge is 0.500 e. The Morgan fingerprint density at radius 3 is 1.77 bits per heavy atom. The van der Waals surface area contributed by atoms with Crippen molar-refractivity contribution in [3.8, 4) is 0 Å². The lowest BCUT2D eigenvalue weighted by Crippen LogP contribution is -2.42. The number of esters is 1. The van der Waals surface area contributed by atoms with Crippen LogP contribution in [0.3, 0.4) is 0 Å². The summed E-state index contributed by atoms with van der Waals surface area (Å²) >= 11 is 5.53. The van der Waals surface area contributed by atoms with Crippen LogP contribution in [-0.2, 0) is 31.7 Å². The fraction of sp³-hybridized carbons (Fsp3) is 0.812. The molecule has 0 atom stereocenters. The Hall–Kier alpha value is -0.266. The van der Waals surface area contributed by atoms with Gasteiger partial charge in [0.1, 0.15) is 0 Å². The quantitative estimate of drug-likeness (QED) is 0.146. The molecule has 10 heteroatoms. The van der Waals surface area contributed by atoms with Crippen LogP contribution in [0.2, 0.25) is 18.6 Å². The van der Waals surface area contributed by atoms with Gasteiger partial charge in [-0.1, -0.05) is 6.58 Å². The van der Waals surface area contributed by atoms with Gasteiger partial charge in [0.05, 0.1) is 6.61 Å². The molecule has 0 aromatic heterocycles. The highest BCUT2D eigenvalue weighted by Gasteiger charge is 2.36. The molecule has 0 N–H and O–H groups in total. The average molecular weight is 431 g/mol. The third kappa shape index (κ3) is 12.2. The monoisotopic (exact) mass is 430 g/mol. The van der Waals surface area contributed by atoms with E-state index < -0.39 is 17.4 Å². The number of hydrogen-bond donors (Lipinski definition) is 0. The van der Waals surface area contributed by atoms with Gasteiger partial charge in [0.15, 0.2) is 0 Å². The van der Waals surface area contributed by atoms with Gasteiger partial charge in [0.25, 0.3) is 0 Å². The maximum Gasteiger partial charge on any atom is 0.500 e. The maximum atomic E-state index is 11.0. The fourth-order valence-corrected chi connectivity index (χ4v) is 5.25. The highest BCUT2D eigenvalue weighted by molar-refractivity contribution is 6.65. The van der Waals surface area contributed by atoms with Gasteiger partial charge < -0.3 is 26.9 Å². The van der Waals surface area contributed by atoms with E-state index in [9.17, 15) is 4.79 Å². The Labute approximate surface area is 165 Å². The van der Waals surface area contributed by atoms with Crippen molar-refractivity contribution in [1.29, 1.82) is 0 Å². The summed E-state index contributed by atoms with van der Waals surface area (Å²) in [6.45, 7) is 7.50. The predicted octanol–water partition coefficient (Wildman–Crippen LogP) is 3.35. The topological polar surface area (TPSA) is 72.5 Å². The van der Waals surface area contributed by atoms with Crippen LogP contribution in [-0.4, -0.2) is 71.4 Å². The molecule has 0 aliphatic heterocycles. The Morgan fingerprint density at radius 1 is 0.923 bits per heavy atom. The third-order valence-corrected chi connectivity index (χ3v) is 9.86. The van der Waals surface area contributed by atoms with Crippen molar-refractivity contribution >= 4 is 34.9 Å². The molecule has 0 heterocycles. The van der Waals surface area contributed by atoms with Gasteiger partial charge in [-0.15, -0.1) is 11.6 Å². The first kappa shape index (κ1) is 27.9. The minimum atomic E-state index is -2.32. The summed E-state index contributed by atoms with van der Waals surface area (Å²) in [6.07, 6.45) is 1.62. The molecule has 0 aliphatic carbocycles. The standard InChI is InChI=1S/C10H20O4Si.C6H15ClO3Si/c1-9(2)10(11)14-7-6-8-15(5,12-3)13-4;1-8-11(9-2,10-3)6-4-5-7/h1,6-8H2,2-5H3;4-6H2,1-3H3. The SMILES string of the molecule is C=C(C)C(=O)OCCC[Si](C)(OC)OC.CO[Si](CCCCl)(OC)OC. The van der Waals surface area contributed by atoms with Gasteiger partial charge >= 0.3 is 23.3 Å². The molecule has 7 nitrogen and oxygen atoms in total. The first-order valence-corrected chi connectivity index (χ1v) is 13.3. The molecule has 0 unspecified atom stereocenters. The lowest BCUT2D eigenvalue weighted by atomic mass is 10.4. The average Bonchev–Trinajstić information content (AvgIpc) is 2.66. The molecule has 0 aromatic rings. The molecule has 0 aromatic carbocycles. The summed E-state index contributed by atoms with van der Waals surface area (Å²) in [6, 6.07) is 1.59. The molecule has 0 bridgehead atoms. The molecule has 156 valence electrons.